The van der Waals surface area contributed by atoms with E-state index in [0.717, 1.165) is 19.1 Å². The summed E-state index contributed by atoms with van der Waals surface area (Å²) < 4.78 is 5.74. The van der Waals surface area contributed by atoms with E-state index in [1.807, 2.05) is 6.07 Å². The van der Waals surface area contributed by atoms with Gasteiger partial charge in [-0.15, -0.1) is 0 Å². The van der Waals surface area contributed by atoms with Crippen LogP contribution in [-0.4, -0.2) is 17.5 Å². The number of carbonyl (C=O) groups is 1. The van der Waals surface area contributed by atoms with Gasteiger partial charge in [-0.05, 0) is 31.7 Å². The maximum absolute atomic E-state index is 10.3. The summed E-state index contributed by atoms with van der Waals surface area (Å²) in [5, 5.41) is 9.66. The molecule has 3 heteroatoms. The molecule has 3 nitrogen and oxygen atoms in total. The average molecular weight is 220 g/mol. The Kier molecular flexibility index (Phi) is 3.44. The highest BCUT2D eigenvalue weighted by molar-refractivity contribution is 5.58. The van der Waals surface area contributed by atoms with Crippen LogP contribution in [0.5, 0.6) is 11.5 Å². The molecule has 0 atom stereocenters. The van der Waals surface area contributed by atoms with Gasteiger partial charge in [0.1, 0.15) is 17.8 Å². The smallest absolute Gasteiger partial charge is 0.124 e. The molecule has 0 aromatic heterocycles. The van der Waals surface area contributed by atoms with E-state index in [4.69, 9.17) is 4.74 Å². The van der Waals surface area contributed by atoms with Crippen molar-refractivity contribution in [3.63, 3.8) is 0 Å². The molecule has 0 radical (unpaired) electrons. The van der Waals surface area contributed by atoms with Crippen LogP contribution < -0.4 is 4.74 Å². The van der Waals surface area contributed by atoms with Gasteiger partial charge in [0, 0.05) is 18.1 Å². The largest absolute Gasteiger partial charge is 0.508 e. The molecule has 0 aliphatic heterocycles. The van der Waals surface area contributed by atoms with Crippen LogP contribution in [0.1, 0.15) is 31.2 Å². The van der Waals surface area contributed by atoms with Crippen molar-refractivity contribution >= 4 is 6.29 Å². The summed E-state index contributed by atoms with van der Waals surface area (Å²) >= 11 is 0. The molecule has 0 heterocycles. The maximum atomic E-state index is 10.3. The second-order valence-electron chi connectivity index (χ2n) is 4.19. The van der Waals surface area contributed by atoms with Gasteiger partial charge in [-0.2, -0.15) is 0 Å². The van der Waals surface area contributed by atoms with E-state index in [0.29, 0.717) is 11.3 Å². The highest BCUT2D eigenvalue weighted by atomic mass is 16.5. The standard InChI is InChI=1S/C13H16O3/c14-8-7-10-5-6-12(9-13(10)15)16-11-3-1-2-4-11/h5-6,8-9,11,15H,1-4,7H2. The molecular formula is C13H16O3. The predicted molar refractivity (Wildman–Crippen MR) is 60.8 cm³/mol. The summed E-state index contributed by atoms with van der Waals surface area (Å²) in [5.41, 5.74) is 0.647. The number of carbonyl (C=O) groups excluding carboxylic acids is 1. The fraction of sp³-hybridized carbons (Fsp3) is 0.462. The molecule has 1 fully saturated rings. The first kappa shape index (κ1) is 11.0. The molecule has 0 unspecified atom stereocenters. The lowest BCUT2D eigenvalue weighted by molar-refractivity contribution is -0.107. The van der Waals surface area contributed by atoms with Gasteiger partial charge in [-0.25, -0.2) is 0 Å². The fourth-order valence-electron chi connectivity index (χ4n) is 2.08. The lowest BCUT2D eigenvalue weighted by atomic mass is 10.1. The number of hydrogen-bond donors (Lipinski definition) is 1. The first-order valence-electron chi connectivity index (χ1n) is 5.72. The number of hydrogen-bond acceptors (Lipinski definition) is 3. The summed E-state index contributed by atoms with van der Waals surface area (Å²) in [6, 6.07) is 5.15. The van der Waals surface area contributed by atoms with Crippen molar-refractivity contribution in [3.05, 3.63) is 23.8 Å². The van der Waals surface area contributed by atoms with Gasteiger partial charge < -0.3 is 14.6 Å². The zero-order chi connectivity index (χ0) is 11.4. The second-order valence-corrected chi connectivity index (χ2v) is 4.19. The zero-order valence-electron chi connectivity index (χ0n) is 9.19. The van der Waals surface area contributed by atoms with Crippen LogP contribution >= 0.6 is 0 Å². The van der Waals surface area contributed by atoms with Crippen LogP contribution in [0.25, 0.3) is 0 Å². The molecular weight excluding hydrogens is 204 g/mol. The lowest BCUT2D eigenvalue weighted by Crippen LogP contribution is -2.10. The lowest BCUT2D eigenvalue weighted by Gasteiger charge is -2.13. The Hall–Kier alpha value is -1.51. The van der Waals surface area contributed by atoms with Crippen molar-refractivity contribution in [2.75, 3.05) is 0 Å². The van der Waals surface area contributed by atoms with Gasteiger partial charge in [0.05, 0.1) is 6.10 Å². The minimum atomic E-state index is 0.141. The summed E-state index contributed by atoms with van der Waals surface area (Å²) in [6.45, 7) is 0. The van der Waals surface area contributed by atoms with Crippen molar-refractivity contribution in [2.45, 2.75) is 38.2 Å². The summed E-state index contributed by atoms with van der Waals surface area (Å²) in [7, 11) is 0. The predicted octanol–water partition coefficient (Wildman–Crippen LogP) is 2.46. The Bertz CT molecular complexity index is 367. The molecule has 2 rings (SSSR count). The molecule has 1 N–H and O–H groups in total. The van der Waals surface area contributed by atoms with Gasteiger partial charge in [0.2, 0.25) is 0 Å². The van der Waals surface area contributed by atoms with E-state index < -0.39 is 0 Å². The molecule has 0 amide bonds. The van der Waals surface area contributed by atoms with E-state index in [2.05, 4.69) is 0 Å². The Morgan fingerprint density at radius 2 is 2.12 bits per heavy atom. The number of phenols is 1. The minimum Gasteiger partial charge on any atom is -0.508 e. The van der Waals surface area contributed by atoms with Crippen molar-refractivity contribution in [2.24, 2.45) is 0 Å². The van der Waals surface area contributed by atoms with Crippen LogP contribution in [0.2, 0.25) is 0 Å². The molecule has 1 aliphatic rings. The topological polar surface area (TPSA) is 46.5 Å². The quantitative estimate of drug-likeness (QED) is 0.793. The average Bonchev–Trinajstić information content (AvgIpc) is 2.75. The van der Waals surface area contributed by atoms with Crippen molar-refractivity contribution in [1.82, 2.24) is 0 Å². The fourth-order valence-corrected chi connectivity index (χ4v) is 2.08. The Labute approximate surface area is 95.0 Å². The molecule has 1 aliphatic carbocycles. The summed E-state index contributed by atoms with van der Waals surface area (Å²) in [4.78, 5) is 10.3. The van der Waals surface area contributed by atoms with Crippen molar-refractivity contribution in [1.29, 1.82) is 0 Å². The number of phenolic OH excluding ortho intramolecular Hbond substituents is 1. The van der Waals surface area contributed by atoms with Crippen LogP contribution in [-0.2, 0) is 11.2 Å². The van der Waals surface area contributed by atoms with Gasteiger partial charge in [0.15, 0.2) is 0 Å². The van der Waals surface area contributed by atoms with Crippen LogP contribution in [0.15, 0.2) is 18.2 Å². The van der Waals surface area contributed by atoms with Crippen LogP contribution in [0.3, 0.4) is 0 Å². The molecule has 0 spiro atoms. The van der Waals surface area contributed by atoms with E-state index in [1.54, 1.807) is 12.1 Å². The van der Waals surface area contributed by atoms with E-state index in [-0.39, 0.29) is 18.3 Å². The Morgan fingerprint density at radius 3 is 2.75 bits per heavy atom. The third-order valence-electron chi connectivity index (χ3n) is 2.96. The summed E-state index contributed by atoms with van der Waals surface area (Å²) in [5.74, 6) is 0.835. The SMILES string of the molecule is O=CCc1ccc(OC2CCCC2)cc1O. The van der Waals surface area contributed by atoms with E-state index in [1.165, 1.54) is 12.8 Å². The summed E-state index contributed by atoms with van der Waals surface area (Å²) in [6.07, 6.45) is 5.95. The second kappa shape index (κ2) is 5.01. The number of aromatic hydroxyl groups is 1. The van der Waals surface area contributed by atoms with Gasteiger partial charge >= 0.3 is 0 Å². The molecule has 1 aromatic carbocycles. The highest BCUT2D eigenvalue weighted by Crippen LogP contribution is 2.28. The minimum absolute atomic E-state index is 0.141. The molecule has 1 aromatic rings. The Balaban J connectivity index is 2.04. The molecule has 0 saturated heterocycles. The normalized spacial score (nSPS) is 16.2. The third-order valence-corrected chi connectivity index (χ3v) is 2.96. The number of ether oxygens (including phenoxy) is 1. The van der Waals surface area contributed by atoms with Crippen LogP contribution in [0.4, 0.5) is 0 Å². The van der Waals surface area contributed by atoms with Gasteiger partial charge in [-0.1, -0.05) is 6.07 Å². The first-order valence-corrected chi connectivity index (χ1v) is 5.72. The third kappa shape index (κ3) is 2.54. The van der Waals surface area contributed by atoms with E-state index in [9.17, 15) is 9.90 Å². The highest BCUT2D eigenvalue weighted by Gasteiger charge is 2.16. The molecule has 0 bridgehead atoms. The zero-order valence-corrected chi connectivity index (χ0v) is 9.19. The maximum Gasteiger partial charge on any atom is 0.124 e. The van der Waals surface area contributed by atoms with Crippen LogP contribution in [0, 0.1) is 0 Å². The number of aldehydes is 1. The van der Waals surface area contributed by atoms with Gasteiger partial charge in [0.25, 0.3) is 0 Å². The monoisotopic (exact) mass is 220 g/mol. The number of rotatable bonds is 4. The molecule has 86 valence electrons. The van der Waals surface area contributed by atoms with Crippen molar-refractivity contribution in [3.8, 4) is 11.5 Å². The Morgan fingerprint density at radius 1 is 1.38 bits per heavy atom. The van der Waals surface area contributed by atoms with Crippen molar-refractivity contribution < 1.29 is 14.6 Å². The first-order chi connectivity index (χ1) is 7.79. The molecule has 16 heavy (non-hydrogen) atoms. The van der Waals surface area contributed by atoms with E-state index >= 15 is 0 Å². The molecule has 1 saturated carbocycles. The van der Waals surface area contributed by atoms with Gasteiger partial charge in [-0.3, -0.25) is 0 Å². The number of benzene rings is 1.